The zero-order chi connectivity index (χ0) is 18.8. The van der Waals surface area contributed by atoms with Gasteiger partial charge in [-0.3, -0.25) is 9.48 Å². The fourth-order valence-electron chi connectivity index (χ4n) is 3.73. The van der Waals surface area contributed by atoms with E-state index in [2.05, 4.69) is 43.9 Å². The first kappa shape index (κ1) is 18.6. The molecule has 1 amide bonds. The molecule has 0 spiro atoms. The molecule has 3 heterocycles. The largest absolute Gasteiger partial charge is 0.332 e. The maximum Gasteiger partial charge on any atom is 0.243 e. The van der Waals surface area contributed by atoms with E-state index >= 15 is 0 Å². The molecule has 3 rings (SSSR count). The molecule has 1 aliphatic rings. The zero-order valence-corrected chi connectivity index (χ0v) is 16.5. The number of amides is 1. The van der Waals surface area contributed by atoms with Gasteiger partial charge >= 0.3 is 0 Å². The SMILES string of the molecule is CC(C)c1nccn1CC(=O)N1CCCC1c1cc(CN(C)C)n(C)n1. The molecule has 7 heteroatoms. The number of nitrogens with zero attached hydrogens (tertiary/aromatic N) is 6. The number of likely N-dealkylation sites (tertiary alicyclic amines) is 1. The van der Waals surface area contributed by atoms with Gasteiger partial charge in [0.2, 0.25) is 5.91 Å². The van der Waals surface area contributed by atoms with E-state index in [1.165, 1.54) is 5.69 Å². The van der Waals surface area contributed by atoms with E-state index < -0.39 is 0 Å². The Labute approximate surface area is 155 Å². The molecule has 1 aliphatic heterocycles. The van der Waals surface area contributed by atoms with Crippen LogP contribution in [0.5, 0.6) is 0 Å². The van der Waals surface area contributed by atoms with Gasteiger partial charge in [0.15, 0.2) is 0 Å². The number of imidazole rings is 1. The van der Waals surface area contributed by atoms with Crippen molar-refractivity contribution in [2.75, 3.05) is 20.6 Å². The predicted molar refractivity (Wildman–Crippen MR) is 101 cm³/mol. The zero-order valence-electron chi connectivity index (χ0n) is 16.5. The highest BCUT2D eigenvalue weighted by Crippen LogP contribution is 2.32. The second-order valence-electron chi connectivity index (χ2n) is 7.74. The lowest BCUT2D eigenvalue weighted by molar-refractivity contribution is -0.132. The molecule has 0 N–H and O–H groups in total. The summed E-state index contributed by atoms with van der Waals surface area (Å²) >= 11 is 0. The van der Waals surface area contributed by atoms with E-state index in [4.69, 9.17) is 5.10 Å². The highest BCUT2D eigenvalue weighted by atomic mass is 16.2. The molecule has 0 aromatic carbocycles. The number of rotatable bonds is 6. The summed E-state index contributed by atoms with van der Waals surface area (Å²) in [7, 11) is 6.08. The molecule has 1 atom stereocenters. The van der Waals surface area contributed by atoms with E-state index in [1.807, 2.05) is 27.4 Å². The summed E-state index contributed by atoms with van der Waals surface area (Å²) in [5, 5.41) is 4.70. The smallest absolute Gasteiger partial charge is 0.243 e. The van der Waals surface area contributed by atoms with Crippen LogP contribution < -0.4 is 0 Å². The number of hydrogen-bond donors (Lipinski definition) is 0. The highest BCUT2D eigenvalue weighted by Gasteiger charge is 2.32. The minimum absolute atomic E-state index is 0.0793. The van der Waals surface area contributed by atoms with Crippen molar-refractivity contribution >= 4 is 5.91 Å². The van der Waals surface area contributed by atoms with Gasteiger partial charge in [-0.1, -0.05) is 13.8 Å². The topological polar surface area (TPSA) is 59.2 Å². The number of carbonyl (C=O) groups excluding carboxylic acids is 1. The van der Waals surface area contributed by atoms with Crippen LogP contribution in [0.15, 0.2) is 18.5 Å². The maximum atomic E-state index is 13.0. The van der Waals surface area contributed by atoms with Crippen molar-refractivity contribution in [3.8, 4) is 0 Å². The van der Waals surface area contributed by atoms with Crippen molar-refractivity contribution in [2.24, 2.45) is 7.05 Å². The van der Waals surface area contributed by atoms with Gasteiger partial charge < -0.3 is 14.4 Å². The van der Waals surface area contributed by atoms with Crippen LogP contribution in [0.2, 0.25) is 0 Å². The van der Waals surface area contributed by atoms with E-state index in [1.54, 1.807) is 6.20 Å². The van der Waals surface area contributed by atoms with Gasteiger partial charge in [0, 0.05) is 38.4 Å². The van der Waals surface area contributed by atoms with Crippen LogP contribution in [0.3, 0.4) is 0 Å². The van der Waals surface area contributed by atoms with Gasteiger partial charge in [-0.2, -0.15) is 5.10 Å². The van der Waals surface area contributed by atoms with Gasteiger partial charge in [0.1, 0.15) is 12.4 Å². The van der Waals surface area contributed by atoms with E-state index in [-0.39, 0.29) is 11.9 Å². The quantitative estimate of drug-likeness (QED) is 0.794. The molecule has 1 saturated heterocycles. The van der Waals surface area contributed by atoms with Gasteiger partial charge in [0.05, 0.1) is 17.4 Å². The highest BCUT2D eigenvalue weighted by molar-refractivity contribution is 5.77. The average molecular weight is 358 g/mol. The third-order valence-corrected chi connectivity index (χ3v) is 4.96. The molecular formula is C19H30N6O. The van der Waals surface area contributed by atoms with Gasteiger partial charge in [-0.25, -0.2) is 4.98 Å². The van der Waals surface area contributed by atoms with Crippen LogP contribution in [-0.4, -0.2) is 55.7 Å². The van der Waals surface area contributed by atoms with Crippen LogP contribution in [0.4, 0.5) is 0 Å². The van der Waals surface area contributed by atoms with Crippen LogP contribution >= 0.6 is 0 Å². The first-order chi connectivity index (χ1) is 12.4. The molecule has 0 bridgehead atoms. The van der Waals surface area contributed by atoms with E-state index in [0.717, 1.165) is 37.4 Å². The Morgan fingerprint density at radius 3 is 2.85 bits per heavy atom. The first-order valence-corrected chi connectivity index (χ1v) is 9.35. The average Bonchev–Trinajstić information content (AvgIpc) is 3.27. The molecule has 1 unspecified atom stereocenters. The second-order valence-corrected chi connectivity index (χ2v) is 7.74. The molecule has 0 aliphatic carbocycles. The predicted octanol–water partition coefficient (Wildman–Crippen LogP) is 2.17. The summed E-state index contributed by atoms with van der Waals surface area (Å²) in [4.78, 5) is 21.5. The summed E-state index contributed by atoms with van der Waals surface area (Å²) in [6, 6.07) is 2.23. The number of hydrogen-bond acceptors (Lipinski definition) is 4. The molecule has 2 aromatic heterocycles. The van der Waals surface area contributed by atoms with Crippen molar-refractivity contribution in [3.63, 3.8) is 0 Å². The second kappa shape index (κ2) is 7.61. The molecular weight excluding hydrogens is 328 g/mol. The number of aryl methyl sites for hydroxylation is 1. The summed E-state index contributed by atoms with van der Waals surface area (Å²) < 4.78 is 3.90. The third kappa shape index (κ3) is 3.82. The summed E-state index contributed by atoms with van der Waals surface area (Å²) in [6.07, 6.45) is 5.67. The molecule has 0 radical (unpaired) electrons. The third-order valence-electron chi connectivity index (χ3n) is 4.96. The Morgan fingerprint density at radius 2 is 2.15 bits per heavy atom. The lowest BCUT2D eigenvalue weighted by atomic mass is 10.1. The fraction of sp³-hybridized carbons (Fsp3) is 0.632. The number of aromatic nitrogens is 4. The van der Waals surface area contributed by atoms with E-state index in [9.17, 15) is 4.79 Å². The summed E-state index contributed by atoms with van der Waals surface area (Å²) in [5.74, 6) is 1.41. The maximum absolute atomic E-state index is 13.0. The number of carbonyl (C=O) groups is 1. The van der Waals surface area contributed by atoms with Crippen LogP contribution in [-0.2, 0) is 24.9 Å². The summed E-state index contributed by atoms with van der Waals surface area (Å²) in [5.41, 5.74) is 2.17. The molecule has 26 heavy (non-hydrogen) atoms. The Bertz CT molecular complexity index is 760. The van der Waals surface area contributed by atoms with Crippen molar-refractivity contribution in [2.45, 2.75) is 51.7 Å². The van der Waals surface area contributed by atoms with Crippen molar-refractivity contribution in [3.05, 3.63) is 35.7 Å². The van der Waals surface area contributed by atoms with Crippen LogP contribution in [0, 0.1) is 0 Å². The lowest BCUT2D eigenvalue weighted by Crippen LogP contribution is -2.34. The van der Waals surface area contributed by atoms with Crippen LogP contribution in [0.1, 0.15) is 55.9 Å². The molecule has 0 saturated carbocycles. The fourth-order valence-corrected chi connectivity index (χ4v) is 3.73. The Balaban J connectivity index is 1.75. The summed E-state index contributed by atoms with van der Waals surface area (Å²) in [6.45, 7) is 6.19. The Morgan fingerprint density at radius 1 is 1.38 bits per heavy atom. The van der Waals surface area contributed by atoms with Gasteiger partial charge in [0.25, 0.3) is 0 Å². The van der Waals surface area contributed by atoms with E-state index in [0.29, 0.717) is 12.5 Å². The molecule has 2 aromatic rings. The normalized spacial score (nSPS) is 17.7. The van der Waals surface area contributed by atoms with Gasteiger partial charge in [-0.15, -0.1) is 0 Å². The Hall–Kier alpha value is -2.15. The van der Waals surface area contributed by atoms with Crippen molar-refractivity contribution < 1.29 is 4.79 Å². The first-order valence-electron chi connectivity index (χ1n) is 9.35. The van der Waals surface area contributed by atoms with Crippen molar-refractivity contribution in [1.82, 2.24) is 29.1 Å². The lowest BCUT2D eigenvalue weighted by Gasteiger charge is -2.24. The minimum Gasteiger partial charge on any atom is -0.332 e. The standard InChI is InChI=1S/C19H30N6O/c1-14(2)19-20-8-10-24(19)13-18(26)25-9-6-7-17(25)16-11-15(12-22(3)4)23(5)21-16/h8,10-11,14,17H,6-7,9,12-13H2,1-5H3. The molecule has 7 nitrogen and oxygen atoms in total. The minimum atomic E-state index is 0.0793. The van der Waals surface area contributed by atoms with Crippen LogP contribution in [0.25, 0.3) is 0 Å². The monoisotopic (exact) mass is 358 g/mol. The molecule has 1 fully saturated rings. The van der Waals surface area contributed by atoms with Gasteiger partial charge in [-0.05, 0) is 33.0 Å². The molecule has 142 valence electrons. The Kier molecular flexibility index (Phi) is 5.46. The van der Waals surface area contributed by atoms with Crippen molar-refractivity contribution in [1.29, 1.82) is 0 Å².